The van der Waals surface area contributed by atoms with Crippen LogP contribution in [0, 0.1) is 0 Å². The molecule has 2 aromatic carbocycles. The lowest BCUT2D eigenvalue weighted by atomic mass is 10.1. The number of carbonyl (C=O) groups excluding carboxylic acids is 3. The number of anilines is 2. The van der Waals surface area contributed by atoms with Crippen molar-refractivity contribution < 1.29 is 19.1 Å². The van der Waals surface area contributed by atoms with E-state index in [-0.39, 0.29) is 29.3 Å². The molecule has 6 nitrogen and oxygen atoms in total. The fourth-order valence-electron chi connectivity index (χ4n) is 2.42. The van der Waals surface area contributed by atoms with Crippen molar-refractivity contribution in [2.45, 2.75) is 26.7 Å². The summed E-state index contributed by atoms with van der Waals surface area (Å²) in [5.74, 6) is -0.401. The highest BCUT2D eigenvalue weighted by molar-refractivity contribution is 8.00. The first-order chi connectivity index (χ1) is 14.0. The Morgan fingerprint density at radius 2 is 1.34 bits per heavy atom. The number of aryl methyl sites for hydroxylation is 1. The van der Waals surface area contributed by atoms with Crippen molar-refractivity contribution in [3.05, 3.63) is 59.7 Å². The zero-order valence-corrected chi connectivity index (χ0v) is 17.5. The average Bonchev–Trinajstić information content (AvgIpc) is 2.73. The standard InChI is InChI=1S/C22H26N2O4S/c1-3-13-28-22(27)17-7-11-19(12-8-17)24-21(26)15-29-14-20(25)23-18-9-5-16(4-2)6-10-18/h5-12H,3-4,13-15H2,1-2H3,(H,23,25)(H,24,26). The van der Waals surface area contributed by atoms with Gasteiger partial charge in [0.25, 0.3) is 0 Å². The molecule has 0 fully saturated rings. The quantitative estimate of drug-likeness (QED) is 0.571. The third-order valence-corrected chi connectivity index (χ3v) is 4.89. The third-order valence-electron chi connectivity index (χ3n) is 3.95. The summed E-state index contributed by atoms with van der Waals surface area (Å²) >= 11 is 1.23. The molecule has 0 atom stereocenters. The average molecular weight is 415 g/mol. The van der Waals surface area contributed by atoms with Crippen molar-refractivity contribution in [2.24, 2.45) is 0 Å². The maximum atomic E-state index is 12.0. The molecule has 0 aliphatic rings. The van der Waals surface area contributed by atoms with Gasteiger partial charge in [-0.25, -0.2) is 4.79 Å². The van der Waals surface area contributed by atoms with Crippen molar-refractivity contribution in [1.29, 1.82) is 0 Å². The molecule has 0 saturated carbocycles. The van der Waals surface area contributed by atoms with Gasteiger partial charge in [0.2, 0.25) is 11.8 Å². The highest BCUT2D eigenvalue weighted by Gasteiger charge is 2.09. The van der Waals surface area contributed by atoms with Crippen LogP contribution in [0.5, 0.6) is 0 Å². The van der Waals surface area contributed by atoms with Gasteiger partial charge in [-0.2, -0.15) is 0 Å². The normalized spacial score (nSPS) is 10.3. The second kappa shape index (κ2) is 11.9. The highest BCUT2D eigenvalue weighted by atomic mass is 32.2. The van der Waals surface area contributed by atoms with E-state index in [9.17, 15) is 14.4 Å². The number of thioether (sulfide) groups is 1. The van der Waals surface area contributed by atoms with Crippen LogP contribution in [-0.2, 0) is 20.7 Å². The van der Waals surface area contributed by atoms with Crippen LogP contribution in [0.3, 0.4) is 0 Å². The largest absolute Gasteiger partial charge is 0.462 e. The molecule has 29 heavy (non-hydrogen) atoms. The summed E-state index contributed by atoms with van der Waals surface area (Å²) in [5.41, 5.74) is 2.98. The first-order valence-corrected chi connectivity index (χ1v) is 10.7. The number of hydrogen-bond acceptors (Lipinski definition) is 5. The van der Waals surface area contributed by atoms with Gasteiger partial charge in [-0.1, -0.05) is 26.0 Å². The van der Waals surface area contributed by atoms with Gasteiger partial charge in [-0.3, -0.25) is 9.59 Å². The van der Waals surface area contributed by atoms with Crippen LogP contribution in [-0.4, -0.2) is 35.9 Å². The number of nitrogens with one attached hydrogen (secondary N) is 2. The first kappa shape index (κ1) is 22.5. The SMILES string of the molecule is CCCOC(=O)c1ccc(NC(=O)CSCC(=O)Nc2ccc(CC)cc2)cc1. The highest BCUT2D eigenvalue weighted by Crippen LogP contribution is 2.13. The minimum atomic E-state index is -0.379. The van der Waals surface area contributed by atoms with E-state index in [0.29, 0.717) is 17.9 Å². The molecular weight excluding hydrogens is 388 g/mol. The monoisotopic (exact) mass is 414 g/mol. The van der Waals surface area contributed by atoms with Gasteiger partial charge in [-0.05, 0) is 54.8 Å². The summed E-state index contributed by atoms with van der Waals surface area (Å²) in [6.45, 7) is 4.38. The summed E-state index contributed by atoms with van der Waals surface area (Å²) in [4.78, 5) is 35.8. The van der Waals surface area contributed by atoms with Gasteiger partial charge in [0.05, 0.1) is 23.7 Å². The molecule has 0 aliphatic heterocycles. The molecule has 2 aromatic rings. The Morgan fingerprint density at radius 3 is 1.83 bits per heavy atom. The lowest BCUT2D eigenvalue weighted by Crippen LogP contribution is -2.18. The van der Waals surface area contributed by atoms with Crippen molar-refractivity contribution in [3.63, 3.8) is 0 Å². The van der Waals surface area contributed by atoms with E-state index in [2.05, 4.69) is 17.6 Å². The molecule has 0 bridgehead atoms. The van der Waals surface area contributed by atoms with Gasteiger partial charge in [0.1, 0.15) is 0 Å². The number of hydrogen-bond donors (Lipinski definition) is 2. The van der Waals surface area contributed by atoms with E-state index in [1.54, 1.807) is 24.3 Å². The summed E-state index contributed by atoms with van der Waals surface area (Å²) in [5, 5.41) is 5.56. The Hall–Kier alpha value is -2.80. The summed E-state index contributed by atoms with van der Waals surface area (Å²) in [6.07, 6.45) is 1.71. The molecule has 0 saturated heterocycles. The predicted molar refractivity (Wildman–Crippen MR) is 117 cm³/mol. The first-order valence-electron chi connectivity index (χ1n) is 9.55. The Morgan fingerprint density at radius 1 is 0.828 bits per heavy atom. The lowest BCUT2D eigenvalue weighted by molar-refractivity contribution is -0.114. The van der Waals surface area contributed by atoms with Gasteiger partial charge >= 0.3 is 5.97 Å². The van der Waals surface area contributed by atoms with Crippen molar-refractivity contribution in [3.8, 4) is 0 Å². The molecule has 2 rings (SSSR count). The second-order valence-corrected chi connectivity index (χ2v) is 7.34. The van der Waals surface area contributed by atoms with Crippen LogP contribution in [0.2, 0.25) is 0 Å². The number of rotatable bonds is 10. The Balaban J connectivity index is 1.70. The minimum Gasteiger partial charge on any atom is -0.462 e. The smallest absolute Gasteiger partial charge is 0.338 e. The zero-order valence-electron chi connectivity index (χ0n) is 16.7. The molecule has 2 N–H and O–H groups in total. The van der Waals surface area contributed by atoms with Gasteiger partial charge in [0.15, 0.2) is 0 Å². The van der Waals surface area contributed by atoms with Crippen LogP contribution in [0.25, 0.3) is 0 Å². The molecule has 0 radical (unpaired) electrons. The van der Waals surface area contributed by atoms with E-state index in [0.717, 1.165) is 18.5 Å². The van der Waals surface area contributed by atoms with E-state index < -0.39 is 0 Å². The van der Waals surface area contributed by atoms with Crippen LogP contribution in [0.1, 0.15) is 36.2 Å². The minimum absolute atomic E-state index is 0.151. The van der Waals surface area contributed by atoms with Gasteiger partial charge < -0.3 is 15.4 Å². The Labute approximate surface area is 175 Å². The molecule has 0 unspecified atom stereocenters. The summed E-state index contributed by atoms with van der Waals surface area (Å²) in [7, 11) is 0. The predicted octanol–water partition coefficient (Wildman–Crippen LogP) is 4.13. The number of ether oxygens (including phenoxy) is 1. The van der Waals surface area contributed by atoms with Crippen LogP contribution in [0.15, 0.2) is 48.5 Å². The lowest BCUT2D eigenvalue weighted by Gasteiger charge is -2.08. The maximum Gasteiger partial charge on any atom is 0.338 e. The number of amides is 2. The molecule has 154 valence electrons. The number of esters is 1. The molecule has 0 spiro atoms. The number of carbonyl (C=O) groups is 3. The van der Waals surface area contributed by atoms with E-state index >= 15 is 0 Å². The van der Waals surface area contributed by atoms with Crippen LogP contribution in [0.4, 0.5) is 11.4 Å². The number of benzene rings is 2. The van der Waals surface area contributed by atoms with Gasteiger partial charge in [-0.15, -0.1) is 11.8 Å². The second-order valence-electron chi connectivity index (χ2n) is 6.35. The maximum absolute atomic E-state index is 12.0. The molecule has 7 heteroatoms. The fraction of sp³-hybridized carbons (Fsp3) is 0.318. The summed E-state index contributed by atoms with van der Waals surface area (Å²) in [6, 6.07) is 14.2. The van der Waals surface area contributed by atoms with Crippen molar-refractivity contribution >= 4 is 40.9 Å². The van der Waals surface area contributed by atoms with E-state index in [4.69, 9.17) is 4.74 Å². The van der Waals surface area contributed by atoms with Crippen LogP contribution >= 0.6 is 11.8 Å². The van der Waals surface area contributed by atoms with Crippen molar-refractivity contribution in [1.82, 2.24) is 0 Å². The third kappa shape index (κ3) is 7.99. The molecule has 0 heterocycles. The zero-order chi connectivity index (χ0) is 21.1. The molecule has 0 aliphatic carbocycles. The Kier molecular flexibility index (Phi) is 9.24. The summed E-state index contributed by atoms with van der Waals surface area (Å²) < 4.78 is 5.06. The molecule has 0 aromatic heterocycles. The van der Waals surface area contributed by atoms with E-state index in [1.807, 2.05) is 31.2 Å². The van der Waals surface area contributed by atoms with Crippen LogP contribution < -0.4 is 10.6 Å². The molecule has 2 amide bonds. The van der Waals surface area contributed by atoms with E-state index in [1.165, 1.54) is 17.3 Å². The van der Waals surface area contributed by atoms with Crippen molar-refractivity contribution in [2.75, 3.05) is 28.7 Å². The van der Waals surface area contributed by atoms with Gasteiger partial charge in [0, 0.05) is 11.4 Å². The molecular formula is C22H26N2O4S. The topological polar surface area (TPSA) is 84.5 Å². The Bertz CT molecular complexity index is 820. The fourth-order valence-corrected chi connectivity index (χ4v) is 3.04.